The molecule has 2 amide bonds. The van der Waals surface area contributed by atoms with Crippen LogP contribution in [-0.4, -0.2) is 47.9 Å². The van der Waals surface area contributed by atoms with E-state index in [0.717, 1.165) is 36.3 Å². The Morgan fingerprint density at radius 1 is 1.20 bits per heavy atom. The molecule has 0 aliphatic carbocycles. The lowest BCUT2D eigenvalue weighted by Gasteiger charge is -2.32. The molecule has 132 valence electrons. The van der Waals surface area contributed by atoms with Crippen LogP contribution in [0.15, 0.2) is 12.1 Å². The van der Waals surface area contributed by atoms with E-state index in [1.54, 1.807) is 12.1 Å². The fourth-order valence-corrected chi connectivity index (χ4v) is 4.84. The standard InChI is InChI=1S/C18H21FN4O2/c19-11-3-10-7-22(15-1-2-17(24)21-18(15)25)9-14(10)16(4-11)23-8-12-5-13(23)6-20-12/h3-4,12-13,15,20H,1-2,5-9H2,(H,21,24,25). The van der Waals surface area contributed by atoms with Gasteiger partial charge in [0.1, 0.15) is 5.82 Å². The summed E-state index contributed by atoms with van der Waals surface area (Å²) in [6.45, 7) is 3.07. The number of amides is 2. The van der Waals surface area contributed by atoms with Gasteiger partial charge in [-0.2, -0.15) is 0 Å². The maximum absolute atomic E-state index is 14.2. The summed E-state index contributed by atoms with van der Waals surface area (Å²) in [6, 6.07) is 3.86. The molecule has 3 unspecified atom stereocenters. The van der Waals surface area contributed by atoms with Gasteiger partial charge in [0.2, 0.25) is 11.8 Å². The van der Waals surface area contributed by atoms with Crippen LogP contribution in [0.25, 0.3) is 0 Å². The first kappa shape index (κ1) is 15.3. The maximum Gasteiger partial charge on any atom is 0.243 e. The number of fused-ring (bicyclic) bond motifs is 3. The molecule has 0 saturated carbocycles. The number of carbonyl (C=O) groups excluding carboxylic acids is 2. The number of anilines is 1. The summed E-state index contributed by atoms with van der Waals surface area (Å²) in [6.07, 6.45) is 2.02. The van der Waals surface area contributed by atoms with Gasteiger partial charge in [0.15, 0.2) is 0 Å². The fourth-order valence-electron chi connectivity index (χ4n) is 4.84. The van der Waals surface area contributed by atoms with Crippen molar-refractivity contribution in [1.29, 1.82) is 0 Å². The number of nitrogens with one attached hydrogen (secondary N) is 2. The molecule has 0 spiro atoms. The Bertz CT molecular complexity index is 768. The van der Waals surface area contributed by atoms with E-state index in [0.29, 0.717) is 38.0 Å². The molecular weight excluding hydrogens is 323 g/mol. The monoisotopic (exact) mass is 344 g/mol. The van der Waals surface area contributed by atoms with Crippen LogP contribution in [0.3, 0.4) is 0 Å². The molecule has 5 rings (SSSR count). The van der Waals surface area contributed by atoms with Crippen molar-refractivity contribution in [2.75, 3.05) is 18.0 Å². The summed E-state index contributed by atoms with van der Waals surface area (Å²) in [5.41, 5.74) is 3.09. The molecule has 0 radical (unpaired) electrons. The van der Waals surface area contributed by atoms with Crippen LogP contribution < -0.4 is 15.5 Å². The van der Waals surface area contributed by atoms with Crippen molar-refractivity contribution in [1.82, 2.24) is 15.5 Å². The summed E-state index contributed by atoms with van der Waals surface area (Å²) < 4.78 is 14.2. The quantitative estimate of drug-likeness (QED) is 0.765. The van der Waals surface area contributed by atoms with E-state index in [1.807, 2.05) is 0 Å². The van der Waals surface area contributed by atoms with Crippen molar-refractivity contribution in [2.24, 2.45) is 0 Å². The van der Waals surface area contributed by atoms with Gasteiger partial charge in [-0.3, -0.25) is 19.8 Å². The third-order valence-electron chi connectivity index (χ3n) is 6.04. The number of hydrogen-bond donors (Lipinski definition) is 2. The molecule has 1 aromatic rings. The number of piperazine rings is 1. The van der Waals surface area contributed by atoms with Crippen molar-refractivity contribution in [3.05, 3.63) is 29.1 Å². The second-order valence-electron chi connectivity index (χ2n) is 7.58. The zero-order valence-corrected chi connectivity index (χ0v) is 13.9. The highest BCUT2D eigenvalue weighted by Gasteiger charge is 2.41. The molecule has 0 aromatic heterocycles. The number of benzene rings is 1. The van der Waals surface area contributed by atoms with E-state index in [9.17, 15) is 14.0 Å². The smallest absolute Gasteiger partial charge is 0.243 e. The van der Waals surface area contributed by atoms with Gasteiger partial charge in [-0.25, -0.2) is 4.39 Å². The first-order chi connectivity index (χ1) is 12.1. The highest BCUT2D eigenvalue weighted by Crippen LogP contribution is 2.38. The Kier molecular flexibility index (Phi) is 3.36. The molecule has 7 heteroatoms. The largest absolute Gasteiger partial charge is 0.365 e. The summed E-state index contributed by atoms with van der Waals surface area (Å²) in [7, 11) is 0. The van der Waals surface area contributed by atoms with E-state index in [4.69, 9.17) is 0 Å². The molecule has 4 aliphatic heterocycles. The number of nitrogens with zero attached hydrogens (tertiary/aromatic N) is 2. The predicted octanol–water partition coefficient (Wildman–Crippen LogP) is 0.497. The molecule has 3 saturated heterocycles. The number of imide groups is 1. The van der Waals surface area contributed by atoms with Crippen LogP contribution in [-0.2, 0) is 22.7 Å². The molecule has 2 bridgehead atoms. The van der Waals surface area contributed by atoms with E-state index in [2.05, 4.69) is 20.4 Å². The SMILES string of the molecule is O=C1CCC(N2Cc3cc(F)cc(N4CC5CC4CN5)c3C2)C(=O)N1. The van der Waals surface area contributed by atoms with E-state index >= 15 is 0 Å². The van der Waals surface area contributed by atoms with Crippen LogP contribution in [0.2, 0.25) is 0 Å². The molecule has 1 aromatic carbocycles. The van der Waals surface area contributed by atoms with Crippen LogP contribution in [0.1, 0.15) is 30.4 Å². The Morgan fingerprint density at radius 2 is 2.08 bits per heavy atom. The van der Waals surface area contributed by atoms with Crippen LogP contribution in [0.4, 0.5) is 10.1 Å². The fraction of sp³-hybridized carbons (Fsp3) is 0.556. The number of carbonyl (C=O) groups is 2. The Morgan fingerprint density at radius 3 is 2.80 bits per heavy atom. The minimum absolute atomic E-state index is 0.203. The third kappa shape index (κ3) is 2.45. The van der Waals surface area contributed by atoms with Crippen molar-refractivity contribution in [3.63, 3.8) is 0 Å². The van der Waals surface area contributed by atoms with Gasteiger partial charge in [-0.1, -0.05) is 0 Å². The Balaban J connectivity index is 1.44. The number of halogens is 1. The second kappa shape index (κ2) is 5.51. The summed E-state index contributed by atoms with van der Waals surface area (Å²) in [4.78, 5) is 28.0. The van der Waals surface area contributed by atoms with Crippen molar-refractivity contribution in [3.8, 4) is 0 Å². The lowest BCUT2D eigenvalue weighted by molar-refractivity contribution is -0.137. The molecule has 2 N–H and O–H groups in total. The topological polar surface area (TPSA) is 64.7 Å². The summed E-state index contributed by atoms with van der Waals surface area (Å²) in [5.74, 6) is -0.643. The highest BCUT2D eigenvalue weighted by atomic mass is 19.1. The normalized spacial score (nSPS) is 31.6. The van der Waals surface area contributed by atoms with Crippen LogP contribution in [0.5, 0.6) is 0 Å². The lowest BCUT2D eigenvalue weighted by Crippen LogP contribution is -2.50. The molecule has 4 heterocycles. The molecule has 25 heavy (non-hydrogen) atoms. The average molecular weight is 344 g/mol. The molecule has 4 aliphatic rings. The van der Waals surface area contributed by atoms with E-state index in [-0.39, 0.29) is 23.7 Å². The summed E-state index contributed by atoms with van der Waals surface area (Å²) >= 11 is 0. The number of hydrogen-bond acceptors (Lipinski definition) is 5. The molecule has 3 atom stereocenters. The lowest BCUT2D eigenvalue weighted by atomic mass is 10.0. The number of piperidine rings is 1. The van der Waals surface area contributed by atoms with Crippen molar-refractivity contribution in [2.45, 2.75) is 50.5 Å². The van der Waals surface area contributed by atoms with Crippen LogP contribution >= 0.6 is 0 Å². The van der Waals surface area contributed by atoms with E-state index in [1.165, 1.54) is 0 Å². The van der Waals surface area contributed by atoms with Gasteiger partial charge in [0.25, 0.3) is 0 Å². The van der Waals surface area contributed by atoms with Crippen molar-refractivity contribution >= 4 is 17.5 Å². The van der Waals surface area contributed by atoms with Gasteiger partial charge >= 0.3 is 0 Å². The van der Waals surface area contributed by atoms with Gasteiger partial charge in [-0.05, 0) is 36.1 Å². The predicted molar refractivity (Wildman–Crippen MR) is 89.4 cm³/mol. The number of rotatable bonds is 2. The molecule has 3 fully saturated rings. The first-order valence-corrected chi connectivity index (χ1v) is 8.97. The van der Waals surface area contributed by atoms with Gasteiger partial charge in [0, 0.05) is 50.4 Å². The first-order valence-electron chi connectivity index (χ1n) is 8.97. The zero-order valence-electron chi connectivity index (χ0n) is 13.9. The van der Waals surface area contributed by atoms with Gasteiger partial charge < -0.3 is 10.2 Å². The third-order valence-corrected chi connectivity index (χ3v) is 6.04. The second-order valence-corrected chi connectivity index (χ2v) is 7.58. The highest BCUT2D eigenvalue weighted by molar-refractivity contribution is 6.00. The molecule has 6 nitrogen and oxygen atoms in total. The maximum atomic E-state index is 14.2. The van der Waals surface area contributed by atoms with Crippen molar-refractivity contribution < 1.29 is 14.0 Å². The van der Waals surface area contributed by atoms with E-state index < -0.39 is 0 Å². The average Bonchev–Trinajstić information content (AvgIpc) is 3.28. The van der Waals surface area contributed by atoms with Gasteiger partial charge in [-0.15, -0.1) is 0 Å². The van der Waals surface area contributed by atoms with Gasteiger partial charge in [0.05, 0.1) is 6.04 Å². The Labute approximate surface area is 145 Å². The Hall–Kier alpha value is -1.99. The minimum Gasteiger partial charge on any atom is -0.365 e. The minimum atomic E-state index is -0.308. The zero-order chi connectivity index (χ0) is 17.1. The molecular formula is C18H21FN4O2. The van der Waals surface area contributed by atoms with Crippen LogP contribution in [0, 0.1) is 5.82 Å². The summed E-state index contributed by atoms with van der Waals surface area (Å²) in [5, 5.41) is 5.90.